The molecule has 0 radical (unpaired) electrons. The van der Waals surface area contributed by atoms with Gasteiger partial charge in [-0.15, -0.1) is 0 Å². The number of esters is 2. The van der Waals surface area contributed by atoms with Crippen LogP contribution >= 0.6 is 0 Å². The molecular formula is C19H29N2O10S-. The van der Waals surface area contributed by atoms with E-state index in [0.717, 1.165) is 0 Å². The largest absolute Gasteiger partial charge is 0.748 e. The van der Waals surface area contributed by atoms with Gasteiger partial charge >= 0.3 is 11.9 Å². The third-order valence-electron chi connectivity index (χ3n) is 3.46. The van der Waals surface area contributed by atoms with E-state index in [4.69, 9.17) is 9.47 Å². The number of rotatable bonds is 13. The molecule has 0 bridgehead atoms. The number of carbonyl (C=O) groups excluding carboxylic acids is 5. The zero-order valence-electron chi connectivity index (χ0n) is 18.4. The highest BCUT2D eigenvalue weighted by molar-refractivity contribution is 7.85. The summed E-state index contributed by atoms with van der Waals surface area (Å²) < 4.78 is 41.4. The van der Waals surface area contributed by atoms with Crippen LogP contribution in [-0.2, 0) is 43.6 Å². The Bertz CT molecular complexity index is 814. The maximum atomic E-state index is 12.5. The van der Waals surface area contributed by atoms with Crippen LogP contribution in [0.25, 0.3) is 0 Å². The number of hydrogen-bond acceptors (Lipinski definition) is 10. The van der Waals surface area contributed by atoms with E-state index in [-0.39, 0.29) is 19.6 Å². The fourth-order valence-electron chi connectivity index (χ4n) is 2.17. The van der Waals surface area contributed by atoms with Crippen molar-refractivity contribution in [2.45, 2.75) is 52.1 Å². The van der Waals surface area contributed by atoms with Gasteiger partial charge < -0.3 is 19.3 Å². The maximum Gasteiger partial charge on any atom is 0.315 e. The van der Waals surface area contributed by atoms with E-state index in [2.05, 4.69) is 11.9 Å². The Hall–Kier alpha value is -2.80. The predicted molar refractivity (Wildman–Crippen MR) is 110 cm³/mol. The van der Waals surface area contributed by atoms with Gasteiger partial charge in [-0.3, -0.25) is 28.9 Å². The highest BCUT2D eigenvalue weighted by atomic mass is 32.2. The Balaban J connectivity index is 4.99. The second-order valence-corrected chi connectivity index (χ2v) is 9.06. The quantitative estimate of drug-likeness (QED) is 0.159. The highest BCUT2D eigenvalue weighted by Crippen LogP contribution is 2.10. The number of imide groups is 1. The van der Waals surface area contributed by atoms with E-state index in [0.29, 0.717) is 4.90 Å². The van der Waals surface area contributed by atoms with E-state index in [1.165, 1.54) is 6.08 Å². The molecule has 32 heavy (non-hydrogen) atoms. The van der Waals surface area contributed by atoms with Crippen LogP contribution in [0, 0.1) is 0 Å². The summed E-state index contributed by atoms with van der Waals surface area (Å²) in [6, 6.07) is 0. The summed E-state index contributed by atoms with van der Waals surface area (Å²) >= 11 is 0. The van der Waals surface area contributed by atoms with Crippen LogP contribution in [0.2, 0.25) is 0 Å². The minimum Gasteiger partial charge on any atom is -0.748 e. The smallest absolute Gasteiger partial charge is 0.315 e. The fraction of sp³-hybridized carbons (Fsp3) is 0.632. The Labute approximate surface area is 187 Å². The van der Waals surface area contributed by atoms with Crippen molar-refractivity contribution in [1.82, 2.24) is 10.2 Å². The lowest BCUT2D eigenvalue weighted by atomic mass is 10.2. The normalized spacial score (nSPS) is 11.2. The molecule has 182 valence electrons. The predicted octanol–water partition coefficient (Wildman–Crippen LogP) is -0.366. The summed E-state index contributed by atoms with van der Waals surface area (Å²) in [5, 5.41) is 2.16. The highest BCUT2D eigenvalue weighted by Gasteiger charge is 2.27. The minimum absolute atomic E-state index is 0.0577. The summed E-state index contributed by atoms with van der Waals surface area (Å²) in [6.45, 7) is 7.33. The second kappa shape index (κ2) is 13.6. The van der Waals surface area contributed by atoms with Crippen molar-refractivity contribution >= 4 is 39.8 Å². The molecule has 0 aliphatic rings. The van der Waals surface area contributed by atoms with Crippen LogP contribution in [0.1, 0.15) is 46.5 Å². The van der Waals surface area contributed by atoms with Gasteiger partial charge in [0.2, 0.25) is 17.7 Å². The Morgan fingerprint density at radius 2 is 1.66 bits per heavy atom. The molecule has 0 heterocycles. The zero-order chi connectivity index (χ0) is 24.9. The van der Waals surface area contributed by atoms with E-state index in [9.17, 15) is 36.9 Å². The SMILES string of the molecule is C=CCOC(=O)CCN(C(=O)CCC(=O)NCCS(=O)(=O)[O-])C(=O)CC(=O)OC(C)(C)C. The number of hydrogen-bond donors (Lipinski definition) is 1. The molecule has 13 heteroatoms. The fourth-order valence-corrected chi connectivity index (χ4v) is 2.52. The average molecular weight is 478 g/mol. The summed E-state index contributed by atoms with van der Waals surface area (Å²) in [4.78, 5) is 60.9. The third kappa shape index (κ3) is 15.1. The molecule has 0 spiro atoms. The van der Waals surface area contributed by atoms with Gasteiger partial charge in [-0.1, -0.05) is 12.7 Å². The standard InChI is InChI=1S/C19H30N2O10S/c1-5-11-30-17(25)8-10-21(16(24)13-18(26)31-19(2,3)4)15(23)7-6-14(22)20-9-12-32(27,28)29/h5H,1,6-13H2,2-4H3,(H,20,22)(H,27,28,29)/p-1. The van der Waals surface area contributed by atoms with Crippen molar-refractivity contribution in [3.8, 4) is 0 Å². The Morgan fingerprint density at radius 3 is 2.19 bits per heavy atom. The average Bonchev–Trinajstić information content (AvgIpc) is 2.62. The summed E-state index contributed by atoms with van der Waals surface area (Å²) in [5.41, 5.74) is -0.851. The van der Waals surface area contributed by atoms with Crippen molar-refractivity contribution in [3.63, 3.8) is 0 Å². The topological polar surface area (TPSA) is 176 Å². The molecule has 0 aliphatic heterocycles. The van der Waals surface area contributed by atoms with Gasteiger partial charge in [0, 0.05) is 25.9 Å². The molecule has 0 aromatic heterocycles. The van der Waals surface area contributed by atoms with Gasteiger partial charge in [-0.2, -0.15) is 0 Å². The van der Waals surface area contributed by atoms with Crippen molar-refractivity contribution in [3.05, 3.63) is 12.7 Å². The van der Waals surface area contributed by atoms with Crippen LogP contribution in [0.15, 0.2) is 12.7 Å². The Morgan fingerprint density at radius 1 is 1.03 bits per heavy atom. The second-order valence-electron chi connectivity index (χ2n) is 7.54. The number of amides is 3. The van der Waals surface area contributed by atoms with E-state index >= 15 is 0 Å². The first-order valence-electron chi connectivity index (χ1n) is 9.66. The number of ether oxygens (including phenoxy) is 2. The summed E-state index contributed by atoms with van der Waals surface area (Å²) in [5.74, 6) is -4.84. The molecule has 0 fully saturated rings. The first-order valence-corrected chi connectivity index (χ1v) is 11.2. The van der Waals surface area contributed by atoms with Crippen molar-refractivity contribution in [2.75, 3.05) is 25.4 Å². The molecular weight excluding hydrogens is 448 g/mol. The van der Waals surface area contributed by atoms with Crippen molar-refractivity contribution < 1.29 is 46.4 Å². The van der Waals surface area contributed by atoms with Gasteiger partial charge in [0.1, 0.15) is 18.6 Å². The molecule has 0 aliphatic carbocycles. The summed E-state index contributed by atoms with van der Waals surface area (Å²) in [6.07, 6.45) is -0.622. The molecule has 0 saturated carbocycles. The number of nitrogens with zero attached hydrogens (tertiary/aromatic N) is 1. The van der Waals surface area contributed by atoms with Crippen LogP contribution in [-0.4, -0.2) is 78.6 Å². The lowest BCUT2D eigenvalue weighted by Gasteiger charge is -2.22. The molecule has 0 saturated heterocycles. The minimum atomic E-state index is -4.50. The molecule has 12 nitrogen and oxygen atoms in total. The Kier molecular flexibility index (Phi) is 12.4. The number of nitrogens with one attached hydrogen (secondary N) is 1. The maximum absolute atomic E-state index is 12.5. The van der Waals surface area contributed by atoms with Crippen LogP contribution in [0.4, 0.5) is 0 Å². The molecule has 1 N–H and O–H groups in total. The lowest BCUT2D eigenvalue weighted by Crippen LogP contribution is -2.41. The van der Waals surface area contributed by atoms with Crippen molar-refractivity contribution in [1.29, 1.82) is 0 Å². The van der Waals surface area contributed by atoms with Crippen LogP contribution in [0.3, 0.4) is 0 Å². The van der Waals surface area contributed by atoms with Gasteiger partial charge in [0.25, 0.3) is 0 Å². The third-order valence-corrected chi connectivity index (χ3v) is 4.16. The molecule has 0 rings (SSSR count). The van der Waals surface area contributed by atoms with Gasteiger partial charge in [0.15, 0.2) is 0 Å². The van der Waals surface area contributed by atoms with E-state index in [1.54, 1.807) is 20.8 Å². The van der Waals surface area contributed by atoms with Crippen LogP contribution in [0.5, 0.6) is 0 Å². The van der Waals surface area contributed by atoms with E-state index in [1.807, 2.05) is 0 Å². The molecule has 0 aromatic rings. The molecule has 0 unspecified atom stereocenters. The van der Waals surface area contributed by atoms with E-state index < -0.39 is 76.9 Å². The van der Waals surface area contributed by atoms with Gasteiger partial charge in [-0.05, 0) is 20.8 Å². The number of carbonyl (C=O) groups is 5. The zero-order valence-corrected chi connectivity index (χ0v) is 19.2. The van der Waals surface area contributed by atoms with Gasteiger partial charge in [0.05, 0.1) is 22.3 Å². The summed E-state index contributed by atoms with van der Waals surface area (Å²) in [7, 11) is -4.50. The van der Waals surface area contributed by atoms with Crippen molar-refractivity contribution in [2.24, 2.45) is 0 Å². The van der Waals surface area contributed by atoms with Gasteiger partial charge in [-0.25, -0.2) is 8.42 Å². The monoisotopic (exact) mass is 477 g/mol. The molecule has 0 aromatic carbocycles. The molecule has 3 amide bonds. The molecule has 0 atom stereocenters. The lowest BCUT2D eigenvalue weighted by molar-refractivity contribution is -0.159. The first-order chi connectivity index (χ1) is 14.6. The first kappa shape index (κ1) is 29.2. The van der Waals surface area contributed by atoms with Crippen LogP contribution < -0.4 is 5.32 Å².